The average molecular weight is 399 g/mol. The number of carbonyl (C=O) groups excluding carboxylic acids is 2. The van der Waals surface area contributed by atoms with Crippen molar-refractivity contribution in [3.8, 4) is 0 Å². The summed E-state index contributed by atoms with van der Waals surface area (Å²) in [6.45, 7) is 8.26. The highest BCUT2D eigenvalue weighted by Crippen LogP contribution is 2.17. The number of likely N-dealkylation sites (tertiary alicyclic amines) is 1. The molecule has 0 spiro atoms. The summed E-state index contributed by atoms with van der Waals surface area (Å²) < 4.78 is 6.99. The SMILES string of the molecule is CC(C)Cn1cc(C(=O)NCc2ccco2)c(=O)c(C(=O)N2CCC[C@@H](C)C2)c1. The lowest BCUT2D eigenvalue weighted by molar-refractivity contribution is 0.0680. The van der Waals surface area contributed by atoms with Gasteiger partial charge in [-0.25, -0.2) is 0 Å². The highest BCUT2D eigenvalue weighted by Gasteiger charge is 2.26. The van der Waals surface area contributed by atoms with Crippen LogP contribution < -0.4 is 10.7 Å². The zero-order valence-corrected chi connectivity index (χ0v) is 17.3. The van der Waals surface area contributed by atoms with Crippen molar-refractivity contribution in [2.45, 2.75) is 46.7 Å². The normalized spacial score (nSPS) is 16.8. The summed E-state index contributed by atoms with van der Waals surface area (Å²) in [6.07, 6.45) is 6.66. The van der Waals surface area contributed by atoms with Gasteiger partial charge in [0.2, 0.25) is 5.43 Å². The molecular weight excluding hydrogens is 370 g/mol. The van der Waals surface area contributed by atoms with Gasteiger partial charge < -0.3 is 19.2 Å². The molecule has 0 unspecified atom stereocenters. The highest BCUT2D eigenvalue weighted by molar-refractivity contribution is 5.99. The van der Waals surface area contributed by atoms with E-state index >= 15 is 0 Å². The maximum atomic E-state index is 13.1. The fourth-order valence-electron chi connectivity index (χ4n) is 3.69. The summed E-state index contributed by atoms with van der Waals surface area (Å²) in [6, 6.07) is 3.48. The number of amides is 2. The second-order valence-electron chi connectivity index (χ2n) is 8.27. The molecule has 156 valence electrons. The fraction of sp³-hybridized carbons (Fsp3) is 0.500. The van der Waals surface area contributed by atoms with Crippen molar-refractivity contribution in [1.82, 2.24) is 14.8 Å². The van der Waals surface area contributed by atoms with Gasteiger partial charge in [0.05, 0.1) is 12.8 Å². The molecule has 0 aliphatic carbocycles. The van der Waals surface area contributed by atoms with Crippen LogP contribution in [0.3, 0.4) is 0 Å². The summed E-state index contributed by atoms with van der Waals surface area (Å²) in [5.74, 6) is 0.501. The Balaban J connectivity index is 1.90. The molecule has 7 nitrogen and oxygen atoms in total. The number of carbonyl (C=O) groups is 2. The van der Waals surface area contributed by atoms with E-state index in [1.54, 1.807) is 27.8 Å². The number of furan rings is 1. The van der Waals surface area contributed by atoms with E-state index in [9.17, 15) is 14.4 Å². The van der Waals surface area contributed by atoms with Crippen molar-refractivity contribution >= 4 is 11.8 Å². The number of nitrogens with zero attached hydrogens (tertiary/aromatic N) is 2. The molecule has 7 heteroatoms. The predicted octanol–water partition coefficient (Wildman–Crippen LogP) is 2.90. The van der Waals surface area contributed by atoms with E-state index in [0.717, 1.165) is 12.8 Å². The van der Waals surface area contributed by atoms with Crippen molar-refractivity contribution in [3.63, 3.8) is 0 Å². The molecule has 3 heterocycles. The number of pyridine rings is 1. The number of piperidine rings is 1. The van der Waals surface area contributed by atoms with Gasteiger partial charge in [0.15, 0.2) is 0 Å². The fourth-order valence-corrected chi connectivity index (χ4v) is 3.69. The third-order valence-corrected chi connectivity index (χ3v) is 5.08. The van der Waals surface area contributed by atoms with Crippen LogP contribution in [0, 0.1) is 11.8 Å². The van der Waals surface area contributed by atoms with Gasteiger partial charge in [-0.15, -0.1) is 0 Å². The minimum absolute atomic E-state index is 0.0203. The molecule has 29 heavy (non-hydrogen) atoms. The number of nitrogens with one attached hydrogen (secondary N) is 1. The van der Waals surface area contributed by atoms with E-state index < -0.39 is 11.3 Å². The topological polar surface area (TPSA) is 84.5 Å². The van der Waals surface area contributed by atoms with Crippen molar-refractivity contribution < 1.29 is 14.0 Å². The summed E-state index contributed by atoms with van der Waals surface area (Å²) in [4.78, 5) is 40.6. The molecule has 0 aromatic carbocycles. The summed E-state index contributed by atoms with van der Waals surface area (Å²) >= 11 is 0. The van der Waals surface area contributed by atoms with Gasteiger partial charge in [0, 0.05) is 32.0 Å². The third kappa shape index (κ3) is 5.16. The van der Waals surface area contributed by atoms with E-state index in [1.165, 1.54) is 12.5 Å². The summed E-state index contributed by atoms with van der Waals surface area (Å²) in [5, 5.41) is 2.70. The van der Waals surface area contributed by atoms with Crippen LogP contribution in [0.5, 0.6) is 0 Å². The van der Waals surface area contributed by atoms with E-state index in [0.29, 0.717) is 37.2 Å². The van der Waals surface area contributed by atoms with Crippen molar-refractivity contribution in [1.29, 1.82) is 0 Å². The predicted molar refractivity (Wildman–Crippen MR) is 110 cm³/mol. The molecule has 1 fully saturated rings. The Hall–Kier alpha value is -2.83. The number of rotatable bonds is 6. The van der Waals surface area contributed by atoms with Crippen molar-refractivity contribution in [2.24, 2.45) is 11.8 Å². The van der Waals surface area contributed by atoms with Crippen LogP contribution in [0.25, 0.3) is 0 Å². The van der Waals surface area contributed by atoms with Crippen molar-refractivity contribution in [3.05, 3.63) is 57.9 Å². The van der Waals surface area contributed by atoms with Crippen LogP contribution in [0.15, 0.2) is 40.0 Å². The molecule has 1 N–H and O–H groups in total. The lowest BCUT2D eigenvalue weighted by Crippen LogP contribution is -2.42. The Morgan fingerprint density at radius 2 is 2.03 bits per heavy atom. The zero-order valence-electron chi connectivity index (χ0n) is 17.3. The lowest BCUT2D eigenvalue weighted by atomic mass is 9.99. The Labute approximate surface area is 170 Å². The maximum absolute atomic E-state index is 13.1. The van der Waals surface area contributed by atoms with Crippen LogP contribution in [0.2, 0.25) is 0 Å². The molecule has 1 aliphatic rings. The molecule has 1 atom stereocenters. The van der Waals surface area contributed by atoms with Crippen LogP contribution in [0.4, 0.5) is 0 Å². The highest BCUT2D eigenvalue weighted by atomic mass is 16.3. The molecular formula is C22H29N3O4. The largest absolute Gasteiger partial charge is 0.467 e. The standard InChI is InChI=1S/C22H29N3O4/c1-15(2)11-24-13-18(21(27)23-10-17-7-5-9-29-17)20(26)19(14-24)22(28)25-8-4-6-16(3)12-25/h5,7,9,13-16H,4,6,8,10-12H2,1-3H3,(H,23,27)/t16-/m1/s1. The van der Waals surface area contributed by atoms with Gasteiger partial charge in [-0.05, 0) is 36.8 Å². The minimum atomic E-state index is -0.523. The van der Waals surface area contributed by atoms with Gasteiger partial charge in [-0.1, -0.05) is 20.8 Å². The monoisotopic (exact) mass is 399 g/mol. The number of hydrogen-bond donors (Lipinski definition) is 1. The molecule has 3 rings (SSSR count). The number of aromatic nitrogens is 1. The summed E-state index contributed by atoms with van der Waals surface area (Å²) in [5.41, 5.74) is -0.483. The molecule has 2 amide bonds. The average Bonchev–Trinajstić information content (AvgIpc) is 3.20. The summed E-state index contributed by atoms with van der Waals surface area (Å²) in [7, 11) is 0. The molecule has 0 bridgehead atoms. The first-order chi connectivity index (χ1) is 13.8. The smallest absolute Gasteiger partial charge is 0.259 e. The molecule has 1 aliphatic heterocycles. The molecule has 1 saturated heterocycles. The Kier molecular flexibility index (Phi) is 6.56. The first kappa shape index (κ1) is 20.9. The molecule has 0 saturated carbocycles. The Morgan fingerprint density at radius 3 is 2.69 bits per heavy atom. The van der Waals surface area contributed by atoms with Gasteiger partial charge in [0.25, 0.3) is 11.8 Å². The van der Waals surface area contributed by atoms with Gasteiger partial charge in [-0.3, -0.25) is 14.4 Å². The van der Waals surface area contributed by atoms with Crippen LogP contribution in [-0.2, 0) is 13.1 Å². The van der Waals surface area contributed by atoms with E-state index in [2.05, 4.69) is 12.2 Å². The van der Waals surface area contributed by atoms with E-state index in [1.807, 2.05) is 13.8 Å². The lowest BCUT2D eigenvalue weighted by Gasteiger charge is -2.31. The number of hydrogen-bond acceptors (Lipinski definition) is 4. The van der Waals surface area contributed by atoms with Gasteiger partial charge in [-0.2, -0.15) is 0 Å². The van der Waals surface area contributed by atoms with E-state index in [4.69, 9.17) is 4.42 Å². The van der Waals surface area contributed by atoms with Crippen molar-refractivity contribution in [2.75, 3.05) is 13.1 Å². The van der Waals surface area contributed by atoms with Crippen LogP contribution >= 0.6 is 0 Å². The first-order valence-electron chi connectivity index (χ1n) is 10.2. The minimum Gasteiger partial charge on any atom is -0.467 e. The third-order valence-electron chi connectivity index (χ3n) is 5.08. The van der Waals surface area contributed by atoms with Gasteiger partial charge in [0.1, 0.15) is 16.9 Å². The first-order valence-corrected chi connectivity index (χ1v) is 10.2. The molecule has 0 radical (unpaired) electrons. The quantitative estimate of drug-likeness (QED) is 0.809. The second kappa shape index (κ2) is 9.11. The van der Waals surface area contributed by atoms with Crippen LogP contribution in [0.1, 0.15) is 60.1 Å². The maximum Gasteiger partial charge on any atom is 0.259 e. The van der Waals surface area contributed by atoms with Gasteiger partial charge >= 0.3 is 0 Å². The Morgan fingerprint density at radius 1 is 1.28 bits per heavy atom. The molecule has 2 aromatic rings. The second-order valence-corrected chi connectivity index (χ2v) is 8.27. The van der Waals surface area contributed by atoms with E-state index in [-0.39, 0.29) is 23.6 Å². The molecule has 2 aromatic heterocycles. The Bertz CT molecular complexity index is 915. The van der Waals surface area contributed by atoms with Crippen LogP contribution in [-0.4, -0.2) is 34.4 Å². The zero-order chi connectivity index (χ0) is 21.0.